The van der Waals surface area contributed by atoms with Gasteiger partial charge in [0.15, 0.2) is 0 Å². The molecular formula is C25H17BrCl2F3N3O2S. The van der Waals surface area contributed by atoms with E-state index in [1.54, 1.807) is 25.1 Å². The quantitative estimate of drug-likeness (QED) is 0.237. The van der Waals surface area contributed by atoms with Crippen molar-refractivity contribution in [2.45, 2.75) is 24.5 Å². The highest BCUT2D eigenvalue weighted by molar-refractivity contribution is 9.10. The monoisotopic (exact) mass is 629 g/mol. The van der Waals surface area contributed by atoms with Crippen molar-refractivity contribution in [2.24, 2.45) is 0 Å². The minimum atomic E-state index is -4.57. The topological polar surface area (TPSA) is 72.0 Å². The van der Waals surface area contributed by atoms with Crippen molar-refractivity contribution in [3.05, 3.63) is 98.3 Å². The lowest BCUT2D eigenvalue weighted by atomic mass is 9.98. The van der Waals surface area contributed by atoms with E-state index in [9.17, 15) is 21.6 Å². The lowest BCUT2D eigenvalue weighted by Gasteiger charge is -2.16. The zero-order valence-electron chi connectivity index (χ0n) is 18.9. The summed E-state index contributed by atoms with van der Waals surface area (Å²) in [6, 6.07) is 15.7. The van der Waals surface area contributed by atoms with E-state index in [-0.39, 0.29) is 17.3 Å². The minimum Gasteiger partial charge on any atom is -0.236 e. The molecule has 0 radical (unpaired) electrons. The molecule has 0 aliphatic rings. The molecule has 0 amide bonds. The van der Waals surface area contributed by atoms with Crippen molar-refractivity contribution in [1.82, 2.24) is 14.7 Å². The van der Waals surface area contributed by atoms with Crippen LogP contribution in [0.15, 0.2) is 76.1 Å². The Morgan fingerprint density at radius 1 is 0.946 bits per heavy atom. The Hall–Kier alpha value is -2.50. The third-order valence-electron chi connectivity index (χ3n) is 5.37. The number of hydrogen-bond donors (Lipinski definition) is 1. The van der Waals surface area contributed by atoms with Gasteiger partial charge in [-0.1, -0.05) is 51.3 Å². The van der Waals surface area contributed by atoms with Gasteiger partial charge in [0.25, 0.3) is 0 Å². The summed E-state index contributed by atoms with van der Waals surface area (Å²) in [5, 5.41) is 0.787. The molecular weight excluding hydrogens is 614 g/mol. The van der Waals surface area contributed by atoms with Gasteiger partial charge in [-0.25, -0.2) is 23.1 Å². The maximum absolute atomic E-state index is 12.8. The number of benzene rings is 3. The molecule has 5 nitrogen and oxygen atoms in total. The average molecular weight is 631 g/mol. The standard InChI is InChI=1S/C25H17BrCl2F3N3O2S/c1-14-23(15-2-6-17(26)7-3-15)24(20-11-8-18(27)12-21(20)28)34-22(33-14)13-32-37(35,36)19-9-4-16(5-10-19)25(29,30)31/h2-12,32H,13H2,1H3. The van der Waals surface area contributed by atoms with Gasteiger partial charge in [-0.05, 0) is 67.1 Å². The van der Waals surface area contributed by atoms with E-state index in [1.165, 1.54) is 0 Å². The molecule has 192 valence electrons. The van der Waals surface area contributed by atoms with E-state index in [0.717, 1.165) is 22.2 Å². The molecule has 1 aromatic heterocycles. The number of sulfonamides is 1. The van der Waals surface area contributed by atoms with E-state index < -0.39 is 21.8 Å². The fraction of sp³-hybridized carbons (Fsp3) is 0.120. The van der Waals surface area contributed by atoms with Gasteiger partial charge < -0.3 is 0 Å². The van der Waals surface area contributed by atoms with Crippen LogP contribution in [0.1, 0.15) is 17.1 Å². The first-order valence-corrected chi connectivity index (χ1v) is 13.6. The van der Waals surface area contributed by atoms with E-state index in [1.807, 2.05) is 24.3 Å². The highest BCUT2D eigenvalue weighted by Gasteiger charge is 2.30. The number of aryl methyl sites for hydroxylation is 1. The number of nitrogens with one attached hydrogen (secondary N) is 1. The number of aromatic nitrogens is 2. The van der Waals surface area contributed by atoms with Crippen LogP contribution in [0.4, 0.5) is 13.2 Å². The fourth-order valence-electron chi connectivity index (χ4n) is 3.61. The van der Waals surface area contributed by atoms with E-state index in [2.05, 4.69) is 30.6 Å². The van der Waals surface area contributed by atoms with Crippen molar-refractivity contribution in [3.8, 4) is 22.4 Å². The first-order chi connectivity index (χ1) is 17.3. The van der Waals surface area contributed by atoms with Gasteiger partial charge in [0.1, 0.15) is 5.82 Å². The van der Waals surface area contributed by atoms with Crippen molar-refractivity contribution in [3.63, 3.8) is 0 Å². The summed E-state index contributed by atoms with van der Waals surface area (Å²) in [6.45, 7) is 1.46. The second-order valence-electron chi connectivity index (χ2n) is 7.93. The molecule has 37 heavy (non-hydrogen) atoms. The molecule has 0 bridgehead atoms. The van der Waals surface area contributed by atoms with Gasteiger partial charge in [0.2, 0.25) is 10.0 Å². The number of hydrogen-bond acceptors (Lipinski definition) is 4. The van der Waals surface area contributed by atoms with Crippen LogP contribution in [-0.2, 0) is 22.7 Å². The third kappa shape index (κ3) is 6.32. The summed E-state index contributed by atoms with van der Waals surface area (Å²) >= 11 is 16.0. The van der Waals surface area contributed by atoms with E-state index >= 15 is 0 Å². The van der Waals surface area contributed by atoms with Gasteiger partial charge >= 0.3 is 6.18 Å². The summed E-state index contributed by atoms with van der Waals surface area (Å²) < 4.78 is 67.2. The normalized spacial score (nSPS) is 12.1. The molecule has 1 N–H and O–H groups in total. The van der Waals surface area contributed by atoms with Crippen molar-refractivity contribution >= 4 is 49.2 Å². The maximum Gasteiger partial charge on any atom is 0.416 e. The zero-order valence-corrected chi connectivity index (χ0v) is 22.9. The lowest BCUT2D eigenvalue weighted by molar-refractivity contribution is -0.137. The SMILES string of the molecule is Cc1nc(CNS(=O)(=O)c2ccc(C(F)(F)F)cc2)nc(-c2ccc(Cl)cc2Cl)c1-c1ccc(Br)cc1. The Morgan fingerprint density at radius 3 is 2.19 bits per heavy atom. The van der Waals surface area contributed by atoms with Crippen LogP contribution in [0.2, 0.25) is 10.0 Å². The number of rotatable bonds is 6. The maximum atomic E-state index is 12.8. The summed E-state index contributed by atoms with van der Waals surface area (Å²) in [5.74, 6) is 0.148. The van der Waals surface area contributed by atoms with Gasteiger partial charge in [0.05, 0.1) is 27.7 Å². The molecule has 4 aromatic rings. The Kier molecular flexibility index (Phi) is 7.96. The third-order valence-corrected chi connectivity index (χ3v) is 7.86. The average Bonchev–Trinajstić information content (AvgIpc) is 2.83. The summed E-state index contributed by atoms with van der Waals surface area (Å²) in [5.41, 5.74) is 2.19. The molecule has 0 aliphatic carbocycles. The van der Waals surface area contributed by atoms with Gasteiger partial charge in [-0.2, -0.15) is 13.2 Å². The Bertz CT molecular complexity index is 1560. The second kappa shape index (κ2) is 10.7. The largest absolute Gasteiger partial charge is 0.416 e. The van der Waals surface area contributed by atoms with Crippen LogP contribution >= 0.6 is 39.1 Å². The van der Waals surface area contributed by atoms with Crippen LogP contribution in [0.25, 0.3) is 22.4 Å². The van der Waals surface area contributed by atoms with Crippen molar-refractivity contribution in [2.75, 3.05) is 0 Å². The first-order valence-electron chi connectivity index (χ1n) is 10.6. The highest BCUT2D eigenvalue weighted by Crippen LogP contribution is 2.38. The zero-order chi connectivity index (χ0) is 27.0. The summed E-state index contributed by atoms with van der Waals surface area (Å²) in [4.78, 5) is 8.78. The predicted octanol–water partition coefficient (Wildman–Crippen LogP) is 7.69. The van der Waals surface area contributed by atoms with Crippen LogP contribution in [0.3, 0.4) is 0 Å². The van der Waals surface area contributed by atoms with E-state index in [0.29, 0.717) is 44.7 Å². The van der Waals surface area contributed by atoms with Crippen LogP contribution in [0.5, 0.6) is 0 Å². The van der Waals surface area contributed by atoms with Gasteiger partial charge in [-0.3, -0.25) is 0 Å². The number of alkyl halides is 3. The molecule has 0 saturated carbocycles. The van der Waals surface area contributed by atoms with Crippen LogP contribution in [0, 0.1) is 6.92 Å². The van der Waals surface area contributed by atoms with Crippen molar-refractivity contribution < 1.29 is 21.6 Å². The molecule has 0 spiro atoms. The molecule has 0 atom stereocenters. The molecule has 3 aromatic carbocycles. The molecule has 0 unspecified atom stereocenters. The summed E-state index contributed by atoms with van der Waals surface area (Å²) in [6.07, 6.45) is -4.57. The Morgan fingerprint density at radius 2 is 1.59 bits per heavy atom. The number of nitrogens with zero attached hydrogens (tertiary/aromatic N) is 2. The number of halogens is 6. The van der Waals surface area contributed by atoms with Gasteiger partial charge in [0, 0.05) is 26.3 Å². The molecule has 0 fully saturated rings. The van der Waals surface area contributed by atoms with E-state index in [4.69, 9.17) is 23.2 Å². The molecule has 0 saturated heterocycles. The Balaban J connectivity index is 1.72. The smallest absolute Gasteiger partial charge is 0.236 e. The predicted molar refractivity (Wildman–Crippen MR) is 141 cm³/mol. The molecule has 1 heterocycles. The summed E-state index contributed by atoms with van der Waals surface area (Å²) in [7, 11) is -4.14. The molecule has 0 aliphatic heterocycles. The first kappa shape index (κ1) is 27.5. The van der Waals surface area contributed by atoms with Crippen LogP contribution in [-0.4, -0.2) is 18.4 Å². The molecule has 4 rings (SSSR count). The van der Waals surface area contributed by atoms with Crippen LogP contribution < -0.4 is 4.72 Å². The minimum absolute atomic E-state index is 0.148. The fourth-order valence-corrected chi connectivity index (χ4v) is 5.36. The lowest BCUT2D eigenvalue weighted by Crippen LogP contribution is -2.25. The Labute approximate surface area is 229 Å². The highest BCUT2D eigenvalue weighted by atomic mass is 79.9. The second-order valence-corrected chi connectivity index (χ2v) is 11.5. The van der Waals surface area contributed by atoms with Crippen molar-refractivity contribution in [1.29, 1.82) is 0 Å². The van der Waals surface area contributed by atoms with Gasteiger partial charge in [-0.15, -0.1) is 0 Å². The molecule has 12 heteroatoms.